The lowest BCUT2D eigenvalue weighted by Gasteiger charge is -2.33. The highest BCUT2D eigenvalue weighted by Crippen LogP contribution is 2.33. The van der Waals surface area contributed by atoms with Gasteiger partial charge in [-0.15, -0.1) is 5.10 Å². The number of rotatable bonds is 11. The number of aromatic amines is 1. The van der Waals surface area contributed by atoms with Gasteiger partial charge >= 0.3 is 0 Å². The summed E-state index contributed by atoms with van der Waals surface area (Å²) in [6, 6.07) is 11.7. The van der Waals surface area contributed by atoms with Crippen LogP contribution in [-0.4, -0.2) is 44.3 Å². The number of nitrogens with one attached hydrogen (secondary N) is 1. The monoisotopic (exact) mass is 522 g/mol. The van der Waals surface area contributed by atoms with Crippen molar-refractivity contribution < 1.29 is 13.9 Å². The van der Waals surface area contributed by atoms with Crippen molar-refractivity contribution in [2.24, 2.45) is 0 Å². The van der Waals surface area contributed by atoms with Crippen LogP contribution < -0.4 is 15.0 Å². The van der Waals surface area contributed by atoms with E-state index in [2.05, 4.69) is 53.1 Å². The van der Waals surface area contributed by atoms with E-state index in [0.717, 1.165) is 23.2 Å². The first-order valence-electron chi connectivity index (χ1n) is 12.8. The molecule has 0 amide bonds. The Labute approximate surface area is 221 Å². The Hall–Kier alpha value is -3.79. The topological polar surface area (TPSA) is 98.2 Å². The van der Waals surface area contributed by atoms with E-state index >= 15 is 0 Å². The lowest BCUT2D eigenvalue weighted by Crippen LogP contribution is -2.36. The zero-order chi connectivity index (χ0) is 27.4. The summed E-state index contributed by atoms with van der Waals surface area (Å²) in [6.45, 7) is 9.17. The van der Waals surface area contributed by atoms with E-state index in [1.807, 2.05) is 16.8 Å². The standard InChI is InChI=1S/C28H35FN6O3/c1-7-23(26-31-32-33-35(26)28(3,4)8-2)34(16-18-9-11-21(29)12-10-18)17-20-13-19-14-24(37-5)25(38-6)15-22(19)30-27(20)36/h9-15,23H,7-8,16-17H2,1-6H3,(H,30,36)/t23-/m0/s1. The largest absolute Gasteiger partial charge is 0.493 e. The number of H-pyrrole nitrogens is 1. The number of tetrazole rings is 1. The first kappa shape index (κ1) is 27.3. The molecule has 2 heterocycles. The fraction of sp³-hybridized carbons (Fsp3) is 0.429. The summed E-state index contributed by atoms with van der Waals surface area (Å²) in [5, 5.41) is 13.6. The average molecular weight is 523 g/mol. The third kappa shape index (κ3) is 5.55. The van der Waals surface area contributed by atoms with Crippen LogP contribution in [0.15, 0.2) is 47.3 Å². The molecule has 0 saturated heterocycles. The van der Waals surface area contributed by atoms with Crippen LogP contribution in [0, 0.1) is 5.82 Å². The summed E-state index contributed by atoms with van der Waals surface area (Å²) in [5.74, 6) is 1.55. The van der Waals surface area contributed by atoms with Gasteiger partial charge in [-0.1, -0.05) is 26.0 Å². The molecule has 202 valence electrons. The highest BCUT2D eigenvalue weighted by Gasteiger charge is 2.31. The van der Waals surface area contributed by atoms with Crippen LogP contribution >= 0.6 is 0 Å². The average Bonchev–Trinajstić information content (AvgIpc) is 3.40. The van der Waals surface area contributed by atoms with Crippen LogP contribution in [0.4, 0.5) is 4.39 Å². The van der Waals surface area contributed by atoms with Crippen LogP contribution in [0.5, 0.6) is 11.5 Å². The first-order chi connectivity index (χ1) is 18.2. The third-order valence-electron chi connectivity index (χ3n) is 7.16. The predicted molar refractivity (Wildman–Crippen MR) is 144 cm³/mol. The number of hydrogen-bond donors (Lipinski definition) is 1. The van der Waals surface area contributed by atoms with Gasteiger partial charge in [0.2, 0.25) is 0 Å². The Bertz CT molecular complexity index is 1450. The normalized spacial score (nSPS) is 12.7. The van der Waals surface area contributed by atoms with E-state index in [-0.39, 0.29) is 23.0 Å². The minimum atomic E-state index is -0.295. The van der Waals surface area contributed by atoms with Crippen LogP contribution in [0.1, 0.15) is 63.5 Å². The van der Waals surface area contributed by atoms with Crippen molar-refractivity contribution in [1.82, 2.24) is 30.1 Å². The maximum absolute atomic E-state index is 13.7. The molecule has 0 aliphatic carbocycles. The molecule has 10 heteroatoms. The van der Waals surface area contributed by atoms with Gasteiger partial charge in [0, 0.05) is 30.1 Å². The van der Waals surface area contributed by atoms with Gasteiger partial charge in [0.15, 0.2) is 17.3 Å². The fourth-order valence-corrected chi connectivity index (χ4v) is 4.60. The molecule has 0 saturated carbocycles. The maximum atomic E-state index is 13.7. The molecule has 0 fully saturated rings. The third-order valence-corrected chi connectivity index (χ3v) is 7.16. The Morgan fingerprint density at radius 3 is 2.37 bits per heavy atom. The minimum Gasteiger partial charge on any atom is -0.493 e. The first-order valence-corrected chi connectivity index (χ1v) is 12.8. The van der Waals surface area contributed by atoms with Crippen LogP contribution in [-0.2, 0) is 18.6 Å². The van der Waals surface area contributed by atoms with Crippen molar-refractivity contribution in [1.29, 1.82) is 0 Å². The molecule has 0 aliphatic rings. The van der Waals surface area contributed by atoms with E-state index in [9.17, 15) is 9.18 Å². The van der Waals surface area contributed by atoms with E-state index in [0.29, 0.717) is 42.1 Å². The number of methoxy groups -OCH3 is 2. The van der Waals surface area contributed by atoms with Gasteiger partial charge in [-0.05, 0) is 66.9 Å². The van der Waals surface area contributed by atoms with E-state index < -0.39 is 0 Å². The molecule has 1 atom stereocenters. The molecule has 9 nitrogen and oxygen atoms in total. The summed E-state index contributed by atoms with van der Waals surface area (Å²) in [7, 11) is 3.14. The molecular weight excluding hydrogens is 487 g/mol. The quantitative estimate of drug-likeness (QED) is 0.297. The number of ether oxygens (including phenoxy) is 2. The fourth-order valence-electron chi connectivity index (χ4n) is 4.60. The van der Waals surface area contributed by atoms with Crippen molar-refractivity contribution in [2.45, 2.75) is 65.2 Å². The summed E-state index contributed by atoms with van der Waals surface area (Å²) in [4.78, 5) is 18.4. The highest BCUT2D eigenvalue weighted by atomic mass is 19.1. The van der Waals surface area contributed by atoms with Crippen LogP contribution in [0.25, 0.3) is 10.9 Å². The summed E-state index contributed by atoms with van der Waals surface area (Å²) < 4.78 is 26.4. The van der Waals surface area contributed by atoms with Gasteiger partial charge in [0.25, 0.3) is 5.56 Å². The van der Waals surface area contributed by atoms with Crippen LogP contribution in [0.2, 0.25) is 0 Å². The molecule has 0 radical (unpaired) electrons. The Balaban J connectivity index is 1.79. The Morgan fingerprint density at radius 2 is 1.74 bits per heavy atom. The van der Waals surface area contributed by atoms with Crippen molar-refractivity contribution in [2.75, 3.05) is 14.2 Å². The summed E-state index contributed by atoms with van der Waals surface area (Å²) in [5.41, 5.74) is 1.67. The zero-order valence-electron chi connectivity index (χ0n) is 22.8. The molecule has 0 bridgehead atoms. The number of hydrogen-bond acceptors (Lipinski definition) is 7. The molecule has 1 N–H and O–H groups in total. The molecule has 38 heavy (non-hydrogen) atoms. The van der Waals surface area contributed by atoms with Crippen molar-refractivity contribution in [3.8, 4) is 11.5 Å². The lowest BCUT2D eigenvalue weighted by atomic mass is 10.0. The predicted octanol–water partition coefficient (Wildman–Crippen LogP) is 4.97. The molecule has 0 spiro atoms. The second-order valence-electron chi connectivity index (χ2n) is 9.99. The van der Waals surface area contributed by atoms with Gasteiger partial charge in [0.05, 0.1) is 31.3 Å². The number of pyridine rings is 1. The molecule has 0 aliphatic heterocycles. The van der Waals surface area contributed by atoms with E-state index in [1.165, 1.54) is 12.1 Å². The van der Waals surface area contributed by atoms with Crippen molar-refractivity contribution in [3.05, 3.63) is 75.6 Å². The lowest BCUT2D eigenvalue weighted by molar-refractivity contribution is 0.150. The second kappa shape index (κ2) is 11.3. The number of halogens is 1. The van der Waals surface area contributed by atoms with E-state index in [1.54, 1.807) is 32.4 Å². The number of nitrogens with zero attached hydrogens (tertiary/aromatic N) is 5. The maximum Gasteiger partial charge on any atom is 0.252 e. The molecule has 4 aromatic rings. The van der Waals surface area contributed by atoms with Gasteiger partial charge in [-0.25, -0.2) is 9.07 Å². The molecule has 4 rings (SSSR count). The molecular formula is C28H35FN6O3. The summed E-state index contributed by atoms with van der Waals surface area (Å²) in [6.07, 6.45) is 1.55. The van der Waals surface area contributed by atoms with Gasteiger partial charge < -0.3 is 14.5 Å². The Kier molecular flexibility index (Phi) is 8.11. The summed E-state index contributed by atoms with van der Waals surface area (Å²) >= 11 is 0. The zero-order valence-corrected chi connectivity index (χ0v) is 22.8. The van der Waals surface area contributed by atoms with Gasteiger partial charge in [0.1, 0.15) is 5.82 Å². The van der Waals surface area contributed by atoms with Gasteiger partial charge in [-0.2, -0.15) is 0 Å². The van der Waals surface area contributed by atoms with Crippen molar-refractivity contribution >= 4 is 10.9 Å². The van der Waals surface area contributed by atoms with E-state index in [4.69, 9.17) is 9.47 Å². The second-order valence-corrected chi connectivity index (χ2v) is 9.99. The van der Waals surface area contributed by atoms with Gasteiger partial charge in [-0.3, -0.25) is 9.69 Å². The minimum absolute atomic E-state index is 0.193. The van der Waals surface area contributed by atoms with Crippen LogP contribution in [0.3, 0.4) is 0 Å². The number of aromatic nitrogens is 5. The Morgan fingerprint density at radius 1 is 1.05 bits per heavy atom. The molecule has 0 unspecified atom stereocenters. The van der Waals surface area contributed by atoms with Crippen molar-refractivity contribution in [3.63, 3.8) is 0 Å². The number of fused-ring (bicyclic) bond motifs is 1. The number of benzene rings is 2. The highest BCUT2D eigenvalue weighted by molar-refractivity contribution is 5.83. The SMILES string of the molecule is CC[C@@H](c1nnnn1C(C)(C)CC)N(Cc1ccc(F)cc1)Cc1cc2cc(OC)c(OC)cc2[nH]c1=O. The molecule has 2 aromatic carbocycles. The smallest absolute Gasteiger partial charge is 0.252 e. The molecule has 2 aromatic heterocycles.